The topological polar surface area (TPSA) is 66.8 Å². The molecule has 0 spiro atoms. The number of aliphatic imine (C=N–C) groups is 1. The Morgan fingerprint density at radius 3 is 3.14 bits per heavy atom. The fourth-order valence-electron chi connectivity index (χ4n) is 1.05. The molecule has 0 amide bonds. The Morgan fingerprint density at radius 2 is 2.29 bits per heavy atom. The lowest BCUT2D eigenvalue weighted by atomic mass is 10.5. The van der Waals surface area contributed by atoms with Crippen molar-refractivity contribution in [3.63, 3.8) is 0 Å². The van der Waals surface area contributed by atoms with Crippen LogP contribution in [0.15, 0.2) is 29.8 Å². The van der Waals surface area contributed by atoms with Crippen molar-refractivity contribution < 1.29 is 0 Å². The minimum atomic E-state index is 0.602. The molecule has 0 fully saturated rings. The van der Waals surface area contributed by atoms with Gasteiger partial charge in [0, 0.05) is 6.21 Å². The van der Waals surface area contributed by atoms with Crippen LogP contribution in [0.1, 0.15) is 6.92 Å². The van der Waals surface area contributed by atoms with E-state index in [4.69, 9.17) is 0 Å². The second-order valence-electron chi connectivity index (χ2n) is 2.60. The molecule has 0 aliphatic carbocycles. The van der Waals surface area contributed by atoms with E-state index in [-0.39, 0.29) is 0 Å². The number of hydrogen-bond donors (Lipinski definition) is 1. The lowest BCUT2D eigenvalue weighted by Gasteiger charge is -1.91. The van der Waals surface area contributed by atoms with Crippen LogP contribution in [0.5, 0.6) is 0 Å². The summed E-state index contributed by atoms with van der Waals surface area (Å²) in [4.78, 5) is 19.1. The Bertz CT molecular complexity index is 483. The Hall–Kier alpha value is -2.04. The monoisotopic (exact) mass is 187 g/mol. The Morgan fingerprint density at radius 1 is 1.36 bits per heavy atom. The highest BCUT2D eigenvalue weighted by molar-refractivity contribution is 5.84. The summed E-state index contributed by atoms with van der Waals surface area (Å²) in [6, 6.07) is 0. The lowest BCUT2D eigenvalue weighted by Crippen LogP contribution is -1.81. The molecule has 0 aliphatic heterocycles. The van der Waals surface area contributed by atoms with Gasteiger partial charge in [0.15, 0.2) is 11.5 Å². The van der Waals surface area contributed by atoms with Crippen molar-refractivity contribution in [3.8, 4) is 0 Å². The van der Waals surface area contributed by atoms with Gasteiger partial charge in [0.25, 0.3) is 0 Å². The molecule has 0 bridgehead atoms. The zero-order chi connectivity index (χ0) is 9.80. The highest BCUT2D eigenvalue weighted by Crippen LogP contribution is 2.16. The van der Waals surface area contributed by atoms with Crippen molar-refractivity contribution in [2.45, 2.75) is 6.92 Å². The van der Waals surface area contributed by atoms with Gasteiger partial charge in [-0.3, -0.25) is 0 Å². The molecule has 70 valence electrons. The van der Waals surface area contributed by atoms with Crippen molar-refractivity contribution in [2.75, 3.05) is 0 Å². The lowest BCUT2D eigenvalue weighted by molar-refractivity contribution is 1.18. The number of nitrogens with one attached hydrogen (secondary N) is 1. The van der Waals surface area contributed by atoms with Crippen LogP contribution in [0.4, 0.5) is 5.82 Å². The molecule has 0 saturated carbocycles. The van der Waals surface area contributed by atoms with Crippen molar-refractivity contribution in [2.24, 2.45) is 4.99 Å². The van der Waals surface area contributed by atoms with Crippen molar-refractivity contribution in [1.82, 2.24) is 19.9 Å². The molecule has 0 aromatic carbocycles. The molecule has 0 unspecified atom stereocenters. The van der Waals surface area contributed by atoms with Gasteiger partial charge in [0.05, 0.1) is 6.33 Å². The normalized spacial score (nSPS) is 12.1. The average Bonchev–Trinajstić information content (AvgIpc) is 2.67. The smallest absolute Gasteiger partial charge is 0.182 e. The predicted molar refractivity (Wildman–Crippen MR) is 54.6 cm³/mol. The first kappa shape index (κ1) is 8.55. The van der Waals surface area contributed by atoms with Crippen LogP contribution in [-0.2, 0) is 0 Å². The number of aromatic nitrogens is 4. The fourth-order valence-corrected chi connectivity index (χ4v) is 1.05. The van der Waals surface area contributed by atoms with E-state index in [0.29, 0.717) is 11.5 Å². The van der Waals surface area contributed by atoms with Crippen LogP contribution in [-0.4, -0.2) is 26.2 Å². The van der Waals surface area contributed by atoms with Gasteiger partial charge in [0.2, 0.25) is 0 Å². The van der Waals surface area contributed by atoms with Gasteiger partial charge < -0.3 is 4.98 Å². The Kier molecular flexibility index (Phi) is 2.31. The van der Waals surface area contributed by atoms with Gasteiger partial charge >= 0.3 is 0 Å². The third-order valence-corrected chi connectivity index (χ3v) is 1.68. The standard InChI is InChI=1S/C9H9N5/c1-2-3-4-10-8-7-9(12-5-11-7)14-6-13-8/h2-6H,1H3,(H,11,12,13,14). The van der Waals surface area contributed by atoms with E-state index in [9.17, 15) is 0 Å². The third kappa shape index (κ3) is 1.52. The van der Waals surface area contributed by atoms with Gasteiger partial charge in [-0.1, -0.05) is 6.08 Å². The number of rotatable bonds is 2. The number of hydrogen-bond acceptors (Lipinski definition) is 4. The molecule has 2 rings (SSSR count). The second kappa shape index (κ2) is 3.78. The molecule has 2 aromatic heterocycles. The number of fused-ring (bicyclic) bond motifs is 1. The second-order valence-corrected chi connectivity index (χ2v) is 2.60. The minimum Gasteiger partial charge on any atom is -0.340 e. The number of aromatic amines is 1. The van der Waals surface area contributed by atoms with E-state index in [1.54, 1.807) is 12.5 Å². The van der Waals surface area contributed by atoms with E-state index < -0.39 is 0 Å². The van der Waals surface area contributed by atoms with Crippen LogP contribution >= 0.6 is 0 Å². The largest absolute Gasteiger partial charge is 0.340 e. The number of H-pyrrole nitrogens is 1. The highest BCUT2D eigenvalue weighted by Gasteiger charge is 2.02. The molecular weight excluding hydrogens is 178 g/mol. The molecule has 1 N–H and O–H groups in total. The summed E-state index contributed by atoms with van der Waals surface area (Å²) in [6.07, 6.45) is 8.45. The minimum absolute atomic E-state index is 0.602. The first-order valence-corrected chi connectivity index (χ1v) is 4.21. The van der Waals surface area contributed by atoms with E-state index in [1.807, 2.05) is 19.1 Å². The quantitative estimate of drug-likeness (QED) is 0.726. The summed E-state index contributed by atoms with van der Waals surface area (Å²) < 4.78 is 0. The Labute approximate surface area is 80.6 Å². The summed E-state index contributed by atoms with van der Waals surface area (Å²) in [6.45, 7) is 1.93. The van der Waals surface area contributed by atoms with Crippen LogP contribution < -0.4 is 0 Å². The molecule has 0 radical (unpaired) electrons. The summed E-state index contributed by atoms with van der Waals surface area (Å²) in [5, 5.41) is 0. The van der Waals surface area contributed by atoms with Crippen molar-refractivity contribution in [1.29, 1.82) is 0 Å². The molecule has 2 heterocycles. The van der Waals surface area contributed by atoms with Gasteiger partial charge in [-0.2, -0.15) is 0 Å². The van der Waals surface area contributed by atoms with E-state index in [2.05, 4.69) is 24.9 Å². The number of imidazole rings is 1. The molecule has 0 aliphatic rings. The average molecular weight is 187 g/mol. The van der Waals surface area contributed by atoms with E-state index in [0.717, 1.165) is 5.52 Å². The third-order valence-electron chi connectivity index (χ3n) is 1.68. The highest BCUT2D eigenvalue weighted by atomic mass is 15.0. The van der Waals surface area contributed by atoms with Crippen LogP contribution in [0.2, 0.25) is 0 Å². The first-order valence-electron chi connectivity index (χ1n) is 4.21. The molecule has 5 nitrogen and oxygen atoms in total. The molecular formula is C9H9N5. The van der Waals surface area contributed by atoms with Crippen LogP contribution in [0.3, 0.4) is 0 Å². The van der Waals surface area contributed by atoms with Gasteiger partial charge in [-0.15, -0.1) is 0 Å². The van der Waals surface area contributed by atoms with Crippen LogP contribution in [0.25, 0.3) is 11.2 Å². The maximum absolute atomic E-state index is 4.16. The summed E-state index contributed by atoms with van der Waals surface area (Å²) >= 11 is 0. The summed E-state index contributed by atoms with van der Waals surface area (Å²) in [5.41, 5.74) is 1.39. The SMILES string of the molecule is CC=CC=Nc1ncnc2nc[nH]c12. The summed E-state index contributed by atoms with van der Waals surface area (Å²) in [7, 11) is 0. The molecule has 0 saturated heterocycles. The van der Waals surface area contributed by atoms with Gasteiger partial charge in [-0.05, 0) is 13.0 Å². The zero-order valence-corrected chi connectivity index (χ0v) is 7.68. The van der Waals surface area contributed by atoms with Crippen molar-refractivity contribution in [3.05, 3.63) is 24.8 Å². The zero-order valence-electron chi connectivity index (χ0n) is 7.68. The fraction of sp³-hybridized carbons (Fsp3) is 0.111. The number of nitrogens with zero attached hydrogens (tertiary/aromatic N) is 4. The van der Waals surface area contributed by atoms with Crippen molar-refractivity contribution >= 4 is 23.2 Å². The maximum Gasteiger partial charge on any atom is 0.182 e. The van der Waals surface area contributed by atoms with Gasteiger partial charge in [-0.25, -0.2) is 19.9 Å². The molecule has 5 heteroatoms. The molecule has 0 atom stereocenters. The van der Waals surface area contributed by atoms with E-state index in [1.165, 1.54) is 6.33 Å². The van der Waals surface area contributed by atoms with Gasteiger partial charge in [0.1, 0.15) is 11.8 Å². The maximum atomic E-state index is 4.16. The molecule has 14 heavy (non-hydrogen) atoms. The Balaban J connectivity index is 2.46. The number of allylic oxidation sites excluding steroid dienone is 2. The molecule has 2 aromatic rings. The first-order chi connectivity index (χ1) is 6.92. The van der Waals surface area contributed by atoms with Crippen LogP contribution in [0, 0.1) is 0 Å². The predicted octanol–water partition coefficient (Wildman–Crippen LogP) is 1.63. The van der Waals surface area contributed by atoms with E-state index >= 15 is 0 Å². The summed E-state index contributed by atoms with van der Waals surface area (Å²) in [5.74, 6) is 0.602.